The fourth-order valence-electron chi connectivity index (χ4n) is 3.30. The predicted molar refractivity (Wildman–Crippen MR) is 85.7 cm³/mol. The summed E-state index contributed by atoms with van der Waals surface area (Å²) in [6.45, 7) is 0. The van der Waals surface area contributed by atoms with Crippen LogP contribution in [-0.2, 0) is 0 Å². The molecule has 0 radical (unpaired) electrons. The van der Waals surface area contributed by atoms with Gasteiger partial charge in [-0.05, 0) is 12.8 Å². The number of allylic oxidation sites excluding steroid dienone is 1. The number of fused-ring (bicyclic) bond motifs is 1. The average Bonchev–Trinajstić information content (AvgIpc) is 3.17. The number of aromatic nitrogens is 2. The van der Waals surface area contributed by atoms with Gasteiger partial charge in [0.15, 0.2) is 0 Å². The Hall–Kier alpha value is -2.81. The van der Waals surface area contributed by atoms with Gasteiger partial charge in [0.25, 0.3) is 5.56 Å². The summed E-state index contributed by atoms with van der Waals surface area (Å²) < 4.78 is 2.03. The van der Waals surface area contributed by atoms with Crippen LogP contribution in [0, 0.1) is 16.7 Å². The quantitative estimate of drug-likeness (QED) is 0.755. The molecule has 0 saturated heterocycles. The van der Waals surface area contributed by atoms with Crippen molar-refractivity contribution in [2.75, 3.05) is 0 Å². The van der Waals surface area contributed by atoms with Crippen LogP contribution >= 0.6 is 0 Å². The second kappa shape index (κ2) is 5.53. The van der Waals surface area contributed by atoms with Crippen molar-refractivity contribution in [1.29, 1.82) is 10.7 Å². The van der Waals surface area contributed by atoms with Crippen LogP contribution in [0.25, 0.3) is 16.5 Å². The number of nitrogens with one attached hydrogen (secondary N) is 2. The third-order valence-electron chi connectivity index (χ3n) is 4.35. The van der Waals surface area contributed by atoms with Gasteiger partial charge in [-0.15, -0.1) is 0 Å². The number of hydrogen-bond donors (Lipinski definition) is 3. The Morgan fingerprint density at radius 1 is 1.50 bits per heavy atom. The monoisotopic (exact) mass is 295 g/mol. The van der Waals surface area contributed by atoms with E-state index in [0.29, 0.717) is 27.6 Å². The van der Waals surface area contributed by atoms with Crippen molar-refractivity contribution >= 4 is 22.7 Å². The lowest BCUT2D eigenvalue weighted by Gasteiger charge is -2.13. The number of rotatable bonds is 3. The molecule has 2 heterocycles. The molecule has 1 saturated carbocycles. The molecule has 0 aromatic carbocycles. The van der Waals surface area contributed by atoms with E-state index in [-0.39, 0.29) is 11.6 Å². The van der Waals surface area contributed by atoms with E-state index < -0.39 is 0 Å². The van der Waals surface area contributed by atoms with Crippen molar-refractivity contribution < 1.29 is 0 Å². The molecule has 1 aliphatic rings. The summed E-state index contributed by atoms with van der Waals surface area (Å²) in [4.78, 5) is 14.9. The van der Waals surface area contributed by atoms with Crippen molar-refractivity contribution in [3.05, 3.63) is 40.1 Å². The van der Waals surface area contributed by atoms with Crippen molar-refractivity contribution in [2.45, 2.75) is 31.7 Å². The van der Waals surface area contributed by atoms with E-state index in [1.165, 1.54) is 12.4 Å². The number of nitrogens with two attached hydrogens (primary N) is 1. The molecule has 0 aliphatic heterocycles. The summed E-state index contributed by atoms with van der Waals surface area (Å²) in [6.07, 6.45) is 10.1. The normalized spacial score (nSPS) is 16.0. The van der Waals surface area contributed by atoms with Crippen LogP contribution in [0.15, 0.2) is 23.4 Å². The highest BCUT2D eigenvalue weighted by atomic mass is 16.1. The van der Waals surface area contributed by atoms with Crippen molar-refractivity contribution in [1.82, 2.24) is 9.55 Å². The van der Waals surface area contributed by atoms with E-state index >= 15 is 0 Å². The van der Waals surface area contributed by atoms with Crippen molar-refractivity contribution in [3.63, 3.8) is 0 Å². The number of nitriles is 1. The van der Waals surface area contributed by atoms with Crippen LogP contribution in [0.4, 0.5) is 0 Å². The zero-order valence-electron chi connectivity index (χ0n) is 12.1. The molecule has 6 nitrogen and oxygen atoms in total. The lowest BCUT2D eigenvalue weighted by atomic mass is 10.1. The molecule has 4 N–H and O–H groups in total. The molecule has 3 rings (SSSR count). The maximum absolute atomic E-state index is 12.3. The fraction of sp³-hybridized carbons (Fsp3) is 0.312. The first-order valence-electron chi connectivity index (χ1n) is 7.30. The first-order chi connectivity index (χ1) is 10.7. The smallest absolute Gasteiger partial charge is 0.258 e. The van der Waals surface area contributed by atoms with E-state index in [1.54, 1.807) is 0 Å². The van der Waals surface area contributed by atoms with Gasteiger partial charge in [-0.3, -0.25) is 4.79 Å². The van der Waals surface area contributed by atoms with E-state index in [1.807, 2.05) is 10.8 Å². The number of H-pyrrole nitrogens is 1. The molecule has 0 atom stereocenters. The van der Waals surface area contributed by atoms with Crippen LogP contribution in [0.2, 0.25) is 0 Å². The minimum absolute atomic E-state index is 0.262. The molecular formula is C16H17N5O. The third-order valence-corrected chi connectivity index (χ3v) is 4.35. The summed E-state index contributed by atoms with van der Waals surface area (Å²) in [5.41, 5.74) is 7.50. The number of nitrogens with zero attached hydrogens (tertiary/aromatic N) is 2. The molecule has 2 aromatic heterocycles. The molecule has 2 aromatic rings. The van der Waals surface area contributed by atoms with Gasteiger partial charge in [-0.25, -0.2) is 0 Å². The Bertz CT molecular complexity index is 859. The van der Waals surface area contributed by atoms with E-state index in [2.05, 4.69) is 11.1 Å². The molecule has 112 valence electrons. The zero-order valence-corrected chi connectivity index (χ0v) is 12.1. The van der Waals surface area contributed by atoms with Gasteiger partial charge in [-0.1, -0.05) is 12.8 Å². The van der Waals surface area contributed by atoms with Gasteiger partial charge in [0.2, 0.25) is 0 Å². The number of pyridine rings is 1. The minimum Gasteiger partial charge on any atom is -0.404 e. The Morgan fingerprint density at radius 3 is 2.82 bits per heavy atom. The first-order valence-corrected chi connectivity index (χ1v) is 7.30. The van der Waals surface area contributed by atoms with Crippen LogP contribution in [0.5, 0.6) is 0 Å². The van der Waals surface area contributed by atoms with E-state index in [4.69, 9.17) is 11.1 Å². The summed E-state index contributed by atoms with van der Waals surface area (Å²) in [7, 11) is 0. The van der Waals surface area contributed by atoms with Gasteiger partial charge in [0.1, 0.15) is 6.07 Å². The number of aromatic amines is 1. The second-order valence-electron chi connectivity index (χ2n) is 5.52. The minimum atomic E-state index is -0.262. The Labute approximate surface area is 127 Å². The highest BCUT2D eigenvalue weighted by Crippen LogP contribution is 2.35. The molecule has 6 heteroatoms. The highest BCUT2D eigenvalue weighted by Gasteiger charge is 2.24. The second-order valence-corrected chi connectivity index (χ2v) is 5.52. The van der Waals surface area contributed by atoms with Crippen LogP contribution in [-0.4, -0.2) is 15.8 Å². The van der Waals surface area contributed by atoms with Crippen LogP contribution in [0.3, 0.4) is 0 Å². The number of hydrogen-bond acceptors (Lipinski definition) is 4. The molecule has 1 aliphatic carbocycles. The van der Waals surface area contributed by atoms with Gasteiger partial charge in [-0.2, -0.15) is 5.26 Å². The van der Waals surface area contributed by atoms with Crippen molar-refractivity contribution in [3.8, 4) is 6.07 Å². The topological polar surface area (TPSA) is 111 Å². The maximum Gasteiger partial charge on any atom is 0.258 e. The van der Waals surface area contributed by atoms with Gasteiger partial charge < -0.3 is 20.7 Å². The fourth-order valence-corrected chi connectivity index (χ4v) is 3.30. The molecule has 0 unspecified atom stereocenters. The van der Waals surface area contributed by atoms with Crippen molar-refractivity contribution in [2.24, 2.45) is 5.73 Å². The summed E-state index contributed by atoms with van der Waals surface area (Å²) >= 11 is 0. The Balaban J connectivity index is 2.41. The zero-order chi connectivity index (χ0) is 15.7. The molecule has 0 bridgehead atoms. The average molecular weight is 295 g/mol. The molecule has 22 heavy (non-hydrogen) atoms. The van der Waals surface area contributed by atoms with Gasteiger partial charge in [0.05, 0.1) is 16.5 Å². The molecular weight excluding hydrogens is 278 g/mol. The Kier molecular flexibility index (Phi) is 3.55. The standard InChI is InChI=1S/C16H17N5O/c17-5-10(6-18)13-9-21(12-3-1-2-4-12)15-11(7-19)8-20-16(22)14(13)15/h5-6,8-9,12,17H,1-4,18H2,(H,20,22)/b10-6+,17-5?. The Morgan fingerprint density at radius 2 is 2.23 bits per heavy atom. The molecule has 0 spiro atoms. The SMILES string of the molecule is N#Cc1c[nH]c(=O)c2c(/C(C=N)=C/N)cn(C3CCCC3)c12. The molecule has 0 amide bonds. The van der Waals surface area contributed by atoms with Crippen LogP contribution < -0.4 is 11.3 Å². The molecule has 1 fully saturated rings. The maximum atomic E-state index is 12.3. The van der Waals surface area contributed by atoms with Crippen LogP contribution in [0.1, 0.15) is 42.9 Å². The van der Waals surface area contributed by atoms with Gasteiger partial charge >= 0.3 is 0 Å². The van der Waals surface area contributed by atoms with E-state index in [0.717, 1.165) is 31.9 Å². The highest BCUT2D eigenvalue weighted by molar-refractivity contribution is 6.13. The third kappa shape index (κ3) is 2.02. The largest absolute Gasteiger partial charge is 0.404 e. The summed E-state index contributed by atoms with van der Waals surface area (Å²) in [5, 5.41) is 17.3. The van der Waals surface area contributed by atoms with Gasteiger partial charge in [0, 0.05) is 42.0 Å². The first kappa shape index (κ1) is 14.1. The summed E-state index contributed by atoms with van der Waals surface area (Å²) in [5.74, 6) is 0. The lowest BCUT2D eigenvalue weighted by molar-refractivity contribution is 0.535. The van der Waals surface area contributed by atoms with E-state index in [9.17, 15) is 10.1 Å². The summed E-state index contributed by atoms with van der Waals surface area (Å²) in [6, 6.07) is 2.44. The lowest BCUT2D eigenvalue weighted by Crippen LogP contribution is -2.10. The predicted octanol–water partition coefficient (Wildman–Crippen LogP) is 2.27.